The number of sulfonamides is 1. The Morgan fingerprint density at radius 3 is 2.34 bits per heavy atom. The summed E-state index contributed by atoms with van der Waals surface area (Å²) in [6.07, 6.45) is 0.772. The van der Waals surface area contributed by atoms with Gasteiger partial charge in [0.25, 0.3) is 0 Å². The molecule has 0 saturated carbocycles. The molecule has 0 amide bonds. The van der Waals surface area contributed by atoms with Crippen molar-refractivity contribution in [2.45, 2.75) is 36.7 Å². The summed E-state index contributed by atoms with van der Waals surface area (Å²) in [7, 11) is -2.54. The van der Waals surface area contributed by atoms with E-state index in [-0.39, 0.29) is 17.4 Å². The Bertz CT molecular complexity index is 1230. The summed E-state index contributed by atoms with van der Waals surface area (Å²) >= 11 is 6.47. The fraction of sp³-hybridized carbons (Fsp3) is 0.269. The third-order valence-corrected chi connectivity index (χ3v) is 7.44. The zero-order valence-electron chi connectivity index (χ0n) is 19.6. The molecule has 3 aromatic carbocycles. The van der Waals surface area contributed by atoms with Gasteiger partial charge in [-0.05, 0) is 53.4 Å². The van der Waals surface area contributed by atoms with Crippen LogP contribution in [0.5, 0.6) is 0 Å². The molecule has 0 heterocycles. The lowest BCUT2D eigenvalue weighted by atomic mass is 9.89. The second-order valence-electron chi connectivity index (χ2n) is 7.98. The summed E-state index contributed by atoms with van der Waals surface area (Å²) in [6.45, 7) is 1.71. The van der Waals surface area contributed by atoms with Gasteiger partial charge in [0.1, 0.15) is 6.04 Å². The van der Waals surface area contributed by atoms with Gasteiger partial charge in [-0.15, -0.1) is 0 Å². The predicted molar refractivity (Wildman–Crippen MR) is 137 cm³/mol. The van der Waals surface area contributed by atoms with E-state index in [1.54, 1.807) is 36.4 Å². The highest BCUT2D eigenvalue weighted by atomic mass is 35.5. The van der Waals surface area contributed by atoms with Crippen LogP contribution in [0, 0.1) is 0 Å². The van der Waals surface area contributed by atoms with Gasteiger partial charge in [-0.2, -0.15) is 0 Å². The Hall–Kier alpha value is -2.91. The molecule has 0 aliphatic rings. The molecule has 0 bridgehead atoms. The van der Waals surface area contributed by atoms with Crippen molar-refractivity contribution in [3.63, 3.8) is 0 Å². The molecule has 0 aliphatic heterocycles. The Morgan fingerprint density at radius 2 is 1.74 bits per heavy atom. The van der Waals surface area contributed by atoms with Crippen molar-refractivity contribution in [2.24, 2.45) is 0 Å². The van der Waals surface area contributed by atoms with Crippen molar-refractivity contribution >= 4 is 33.3 Å². The number of benzene rings is 3. The third-order valence-electron chi connectivity index (χ3n) is 5.69. The minimum Gasteiger partial charge on any atom is -0.467 e. The van der Waals surface area contributed by atoms with Gasteiger partial charge in [-0.1, -0.05) is 61.0 Å². The predicted octanol–water partition coefficient (Wildman–Crippen LogP) is 4.31. The second kappa shape index (κ2) is 12.2. The third kappa shape index (κ3) is 6.82. The van der Waals surface area contributed by atoms with Crippen molar-refractivity contribution in [3.05, 3.63) is 94.5 Å². The maximum absolute atomic E-state index is 13.0. The molecule has 9 heteroatoms. The number of halogens is 1. The van der Waals surface area contributed by atoms with Crippen LogP contribution in [0.3, 0.4) is 0 Å². The molecule has 7 nitrogen and oxygen atoms in total. The maximum Gasteiger partial charge on any atom is 0.330 e. The summed E-state index contributed by atoms with van der Waals surface area (Å²) < 4.78 is 33.3. The first kappa shape index (κ1) is 26.7. The minimum atomic E-state index is -3.79. The van der Waals surface area contributed by atoms with Crippen molar-refractivity contribution in [1.82, 2.24) is 4.72 Å². The quantitative estimate of drug-likeness (QED) is 0.328. The van der Waals surface area contributed by atoms with Crippen molar-refractivity contribution in [1.29, 1.82) is 0 Å². The lowest BCUT2D eigenvalue weighted by Gasteiger charge is -2.19. The van der Waals surface area contributed by atoms with E-state index in [0.717, 1.165) is 23.1 Å². The average molecular weight is 517 g/mol. The molecular weight excluding hydrogens is 488 g/mol. The van der Waals surface area contributed by atoms with E-state index < -0.39 is 28.6 Å². The summed E-state index contributed by atoms with van der Waals surface area (Å²) in [6, 6.07) is 20.6. The smallest absolute Gasteiger partial charge is 0.330 e. The first-order valence-electron chi connectivity index (χ1n) is 11.2. The van der Waals surface area contributed by atoms with Gasteiger partial charge in [-0.3, -0.25) is 0 Å². The number of carbonyl (C=O) groups excluding carboxylic acids is 1. The van der Waals surface area contributed by atoms with Crippen LogP contribution in [0.15, 0.2) is 77.7 Å². The van der Waals surface area contributed by atoms with Gasteiger partial charge in [0.15, 0.2) is 0 Å². The van der Waals surface area contributed by atoms with Crippen LogP contribution in [-0.4, -0.2) is 39.3 Å². The fourth-order valence-electron chi connectivity index (χ4n) is 3.78. The number of aliphatic hydroxyl groups is 1. The highest BCUT2D eigenvalue weighted by Crippen LogP contribution is 2.34. The lowest BCUT2D eigenvalue weighted by Crippen LogP contribution is -2.34. The summed E-state index contributed by atoms with van der Waals surface area (Å²) in [5.74, 6) is -0.601. The first-order chi connectivity index (χ1) is 16.8. The van der Waals surface area contributed by atoms with Crippen molar-refractivity contribution < 1.29 is 23.1 Å². The molecular formula is C26H29ClN2O5S. The minimum absolute atomic E-state index is 0.0216. The van der Waals surface area contributed by atoms with Crippen LogP contribution in [0.2, 0.25) is 5.02 Å². The number of hydrogen-bond donors (Lipinski definition) is 3. The van der Waals surface area contributed by atoms with Crippen molar-refractivity contribution in [3.8, 4) is 0 Å². The Morgan fingerprint density at radius 1 is 1.06 bits per heavy atom. The van der Waals surface area contributed by atoms with E-state index in [0.29, 0.717) is 10.7 Å². The molecule has 35 heavy (non-hydrogen) atoms. The molecule has 3 N–H and O–H groups in total. The van der Waals surface area contributed by atoms with Gasteiger partial charge in [-0.25, -0.2) is 17.9 Å². The molecule has 0 saturated heterocycles. The maximum atomic E-state index is 13.0. The van der Waals surface area contributed by atoms with Crippen LogP contribution in [-0.2, 0) is 26.1 Å². The summed E-state index contributed by atoms with van der Waals surface area (Å²) in [5, 5.41) is 12.7. The number of ether oxygens (including phenoxy) is 1. The zero-order valence-corrected chi connectivity index (χ0v) is 21.1. The first-order valence-corrected chi connectivity index (χ1v) is 13.0. The van der Waals surface area contributed by atoms with Crippen LogP contribution < -0.4 is 10.0 Å². The highest BCUT2D eigenvalue weighted by Gasteiger charge is 2.21. The Kier molecular flexibility index (Phi) is 9.28. The van der Waals surface area contributed by atoms with E-state index in [1.165, 1.54) is 13.2 Å². The van der Waals surface area contributed by atoms with Gasteiger partial charge in [0.05, 0.1) is 18.6 Å². The fourth-order valence-corrected chi connectivity index (χ4v) is 5.08. The van der Waals surface area contributed by atoms with E-state index in [2.05, 4.69) is 14.8 Å². The number of anilines is 1. The zero-order chi connectivity index (χ0) is 25.4. The molecule has 186 valence electrons. The van der Waals surface area contributed by atoms with Gasteiger partial charge in [0, 0.05) is 23.2 Å². The number of nitrogens with one attached hydrogen (secondary N) is 2. The van der Waals surface area contributed by atoms with Crippen LogP contribution >= 0.6 is 11.6 Å². The summed E-state index contributed by atoms with van der Waals surface area (Å²) in [4.78, 5) is 11.8. The molecule has 0 aliphatic carbocycles. The lowest BCUT2D eigenvalue weighted by molar-refractivity contribution is -0.142. The normalized spacial score (nSPS) is 13.1. The van der Waals surface area contributed by atoms with Crippen LogP contribution in [0.1, 0.15) is 36.0 Å². The molecule has 0 fully saturated rings. The molecule has 1 unspecified atom stereocenters. The molecule has 0 aromatic heterocycles. The molecule has 0 radical (unpaired) electrons. The number of aliphatic hydroxyl groups excluding tert-OH is 1. The van der Waals surface area contributed by atoms with Crippen LogP contribution in [0.25, 0.3) is 0 Å². The van der Waals surface area contributed by atoms with Crippen LogP contribution in [0.4, 0.5) is 5.69 Å². The SMILES string of the molecule is CCC(c1ccccc1)c1cc(S(=O)(=O)NCc2ccc(N[C@H](CO)C(=O)OC)cc2)ccc1Cl. The summed E-state index contributed by atoms with van der Waals surface area (Å²) in [5.41, 5.74) is 3.16. The van der Waals surface area contributed by atoms with Gasteiger partial charge < -0.3 is 15.2 Å². The van der Waals surface area contributed by atoms with Gasteiger partial charge in [0.2, 0.25) is 10.0 Å². The molecule has 3 rings (SSSR count). The number of rotatable bonds is 11. The monoisotopic (exact) mass is 516 g/mol. The number of esters is 1. The van der Waals surface area contributed by atoms with E-state index in [9.17, 15) is 18.3 Å². The van der Waals surface area contributed by atoms with E-state index >= 15 is 0 Å². The topological polar surface area (TPSA) is 105 Å². The average Bonchev–Trinajstić information content (AvgIpc) is 2.88. The second-order valence-corrected chi connectivity index (χ2v) is 10.2. The Labute approximate surface area is 211 Å². The Balaban J connectivity index is 1.73. The highest BCUT2D eigenvalue weighted by molar-refractivity contribution is 7.89. The molecule has 0 spiro atoms. The number of carbonyl (C=O) groups is 1. The van der Waals surface area contributed by atoms with Crippen molar-refractivity contribution in [2.75, 3.05) is 19.0 Å². The largest absolute Gasteiger partial charge is 0.467 e. The molecule has 3 aromatic rings. The van der Waals surface area contributed by atoms with Gasteiger partial charge >= 0.3 is 5.97 Å². The van der Waals surface area contributed by atoms with E-state index in [1.807, 2.05) is 37.3 Å². The number of hydrogen-bond acceptors (Lipinski definition) is 6. The number of methoxy groups -OCH3 is 1. The standard InChI is InChI=1S/C26H29ClN2O5S/c1-3-22(19-7-5-4-6-8-19)23-15-21(13-14-24(23)27)35(32,33)28-16-18-9-11-20(12-10-18)29-25(17-30)26(31)34-2/h4-15,22,25,28-30H,3,16-17H2,1-2H3/t22?,25-/m1/s1. The molecule has 2 atom stereocenters. The van der Waals surface area contributed by atoms with E-state index in [4.69, 9.17) is 11.6 Å².